The number of carbonyl (C=O) groups is 1. The fraction of sp³-hybridized carbons (Fsp3) is 0.385. The van der Waals surface area contributed by atoms with Crippen molar-refractivity contribution in [1.82, 2.24) is 20.3 Å². The van der Waals surface area contributed by atoms with Crippen molar-refractivity contribution in [3.8, 4) is 17.0 Å². The summed E-state index contributed by atoms with van der Waals surface area (Å²) in [6.45, 7) is 3.15. The van der Waals surface area contributed by atoms with Gasteiger partial charge in [-0.3, -0.25) is 4.79 Å². The average Bonchev–Trinajstić information content (AvgIpc) is 3.19. The van der Waals surface area contributed by atoms with Crippen LogP contribution in [0.2, 0.25) is 0 Å². The summed E-state index contributed by atoms with van der Waals surface area (Å²) in [4.78, 5) is 26.0. The highest BCUT2D eigenvalue weighted by Crippen LogP contribution is 2.37. The summed E-state index contributed by atoms with van der Waals surface area (Å²) in [6, 6.07) is 8.10. The first-order valence-corrected chi connectivity index (χ1v) is 12.1. The molecule has 37 heavy (non-hydrogen) atoms. The Kier molecular flexibility index (Phi) is 6.88. The lowest BCUT2D eigenvalue weighted by Crippen LogP contribution is -2.38. The van der Waals surface area contributed by atoms with E-state index in [1.807, 2.05) is 6.07 Å². The van der Waals surface area contributed by atoms with Crippen LogP contribution in [0.1, 0.15) is 42.6 Å². The number of hydrogen-bond acceptors (Lipinski definition) is 8. The molecule has 1 fully saturated rings. The van der Waals surface area contributed by atoms with E-state index in [1.165, 1.54) is 12.1 Å². The molecule has 1 saturated heterocycles. The standard InChI is InChI=1S/C26H28F2N6O3/c1-26(2)14-31-22-18(26)11-16(13-30-22)19-5-8-29-25(33-19)34-20-4-3-15(12-21(20)37-24(27)28)23(35)32-17-6-9-36-10-7-17/h3-5,8,11-13,17,24H,6-7,9-10,14H2,1-2H3,(H,30,31)(H,32,35)(H,29,33,34). The van der Waals surface area contributed by atoms with Crippen LogP contribution in [0.5, 0.6) is 5.75 Å². The first kappa shape index (κ1) is 24.8. The molecule has 194 valence electrons. The summed E-state index contributed by atoms with van der Waals surface area (Å²) < 4.78 is 36.4. The predicted molar refractivity (Wildman–Crippen MR) is 134 cm³/mol. The molecule has 2 aliphatic rings. The van der Waals surface area contributed by atoms with Crippen molar-refractivity contribution in [1.29, 1.82) is 0 Å². The summed E-state index contributed by atoms with van der Waals surface area (Å²) in [6.07, 6.45) is 4.71. The number of ether oxygens (including phenoxy) is 2. The Morgan fingerprint density at radius 3 is 2.78 bits per heavy atom. The first-order chi connectivity index (χ1) is 17.8. The van der Waals surface area contributed by atoms with Gasteiger partial charge in [-0.1, -0.05) is 13.8 Å². The summed E-state index contributed by atoms with van der Waals surface area (Å²) in [5, 5.41) is 9.16. The number of amides is 1. The van der Waals surface area contributed by atoms with Gasteiger partial charge in [-0.25, -0.2) is 15.0 Å². The number of nitrogens with one attached hydrogen (secondary N) is 3. The topological polar surface area (TPSA) is 110 Å². The maximum Gasteiger partial charge on any atom is 0.387 e. The highest BCUT2D eigenvalue weighted by Gasteiger charge is 2.31. The molecule has 0 atom stereocenters. The van der Waals surface area contributed by atoms with Crippen LogP contribution in [0.4, 0.5) is 26.2 Å². The normalized spacial score (nSPS) is 16.7. The lowest BCUT2D eigenvalue weighted by Gasteiger charge is -2.23. The smallest absolute Gasteiger partial charge is 0.387 e. The van der Waals surface area contributed by atoms with Crippen molar-refractivity contribution in [2.45, 2.75) is 44.8 Å². The van der Waals surface area contributed by atoms with Gasteiger partial charge in [0.05, 0.1) is 11.4 Å². The molecule has 0 unspecified atom stereocenters. The minimum absolute atomic E-state index is 0.0234. The SMILES string of the molecule is CC1(C)CNc2ncc(-c3ccnc(Nc4ccc(C(=O)NC5CCOCC5)cc4OC(F)F)n3)cc21. The Bertz CT molecular complexity index is 1300. The van der Waals surface area contributed by atoms with Gasteiger partial charge in [0.25, 0.3) is 5.91 Å². The van der Waals surface area contributed by atoms with E-state index in [0.29, 0.717) is 31.7 Å². The van der Waals surface area contributed by atoms with E-state index in [9.17, 15) is 13.6 Å². The third-order valence-electron chi connectivity index (χ3n) is 6.53. The Balaban J connectivity index is 1.37. The number of anilines is 3. The number of aromatic nitrogens is 3. The highest BCUT2D eigenvalue weighted by atomic mass is 19.3. The third-order valence-corrected chi connectivity index (χ3v) is 6.53. The summed E-state index contributed by atoms with van der Waals surface area (Å²) in [7, 11) is 0. The molecule has 11 heteroatoms. The Morgan fingerprint density at radius 2 is 2.00 bits per heavy atom. The van der Waals surface area contributed by atoms with Gasteiger partial charge in [0, 0.05) is 60.3 Å². The molecule has 3 N–H and O–H groups in total. The van der Waals surface area contributed by atoms with E-state index in [2.05, 4.69) is 44.7 Å². The molecule has 2 aliphatic heterocycles. The number of fused-ring (bicyclic) bond motifs is 1. The lowest BCUT2D eigenvalue weighted by atomic mass is 9.87. The van der Waals surface area contributed by atoms with Crippen LogP contribution >= 0.6 is 0 Å². The van der Waals surface area contributed by atoms with Gasteiger partial charge in [0.15, 0.2) is 0 Å². The molecule has 5 rings (SSSR count). The fourth-order valence-corrected chi connectivity index (χ4v) is 4.43. The monoisotopic (exact) mass is 510 g/mol. The van der Waals surface area contributed by atoms with Crippen LogP contribution in [0.15, 0.2) is 42.7 Å². The molecule has 9 nitrogen and oxygen atoms in total. The van der Waals surface area contributed by atoms with Gasteiger partial charge in [-0.05, 0) is 43.2 Å². The van der Waals surface area contributed by atoms with Gasteiger partial charge in [-0.15, -0.1) is 0 Å². The third kappa shape index (κ3) is 5.61. The zero-order valence-electron chi connectivity index (χ0n) is 20.6. The number of pyridine rings is 1. The zero-order valence-corrected chi connectivity index (χ0v) is 20.6. The maximum absolute atomic E-state index is 13.2. The van der Waals surface area contributed by atoms with E-state index in [1.54, 1.807) is 24.5 Å². The van der Waals surface area contributed by atoms with E-state index in [-0.39, 0.29) is 40.3 Å². The molecule has 3 aromatic rings. The molecule has 1 aromatic carbocycles. The quantitative estimate of drug-likeness (QED) is 0.426. The van der Waals surface area contributed by atoms with Crippen molar-refractivity contribution in [2.24, 2.45) is 0 Å². The van der Waals surface area contributed by atoms with Gasteiger partial charge in [0.1, 0.15) is 11.6 Å². The second-order valence-electron chi connectivity index (χ2n) is 9.70. The molecule has 0 bridgehead atoms. The molecule has 0 spiro atoms. The van der Waals surface area contributed by atoms with Crippen molar-refractivity contribution >= 4 is 23.4 Å². The summed E-state index contributed by atoms with van der Waals surface area (Å²) >= 11 is 0. The molecule has 0 radical (unpaired) electrons. The van der Waals surface area contributed by atoms with Gasteiger partial charge in [0.2, 0.25) is 5.95 Å². The highest BCUT2D eigenvalue weighted by molar-refractivity contribution is 5.95. The minimum atomic E-state index is -3.07. The van der Waals surface area contributed by atoms with E-state index in [0.717, 1.165) is 23.5 Å². The Morgan fingerprint density at radius 1 is 1.19 bits per heavy atom. The Hall–Kier alpha value is -3.86. The number of rotatable bonds is 7. The van der Waals surface area contributed by atoms with Crippen molar-refractivity contribution in [2.75, 3.05) is 30.4 Å². The van der Waals surface area contributed by atoms with Gasteiger partial charge < -0.3 is 25.4 Å². The summed E-state index contributed by atoms with van der Waals surface area (Å²) in [5.74, 6) is 0.498. The molecule has 0 saturated carbocycles. The van der Waals surface area contributed by atoms with Gasteiger partial charge in [-0.2, -0.15) is 8.78 Å². The second-order valence-corrected chi connectivity index (χ2v) is 9.70. The summed E-state index contributed by atoms with van der Waals surface area (Å²) in [5.41, 5.74) is 2.89. The number of nitrogens with zero attached hydrogens (tertiary/aromatic N) is 3. The van der Waals surface area contributed by atoms with Crippen molar-refractivity contribution < 1.29 is 23.0 Å². The fourth-order valence-electron chi connectivity index (χ4n) is 4.43. The number of halogens is 2. The van der Waals surface area contributed by atoms with Crippen molar-refractivity contribution in [3.63, 3.8) is 0 Å². The average molecular weight is 511 g/mol. The van der Waals surface area contributed by atoms with E-state index < -0.39 is 6.61 Å². The van der Waals surface area contributed by atoms with Gasteiger partial charge >= 0.3 is 6.61 Å². The van der Waals surface area contributed by atoms with Crippen LogP contribution in [0.25, 0.3) is 11.3 Å². The molecular formula is C26H28F2N6O3. The van der Waals surface area contributed by atoms with Crippen LogP contribution in [0, 0.1) is 0 Å². The number of carbonyl (C=O) groups excluding carboxylic acids is 1. The molecule has 0 aliphatic carbocycles. The first-order valence-electron chi connectivity index (χ1n) is 12.1. The zero-order chi connectivity index (χ0) is 26.0. The van der Waals surface area contributed by atoms with Crippen molar-refractivity contribution in [3.05, 3.63) is 53.9 Å². The second kappa shape index (κ2) is 10.3. The largest absolute Gasteiger partial charge is 0.433 e. The number of alkyl halides is 2. The number of benzene rings is 1. The minimum Gasteiger partial charge on any atom is -0.433 e. The maximum atomic E-state index is 13.2. The molecular weight excluding hydrogens is 482 g/mol. The number of hydrogen-bond donors (Lipinski definition) is 3. The molecule has 1 amide bonds. The lowest BCUT2D eigenvalue weighted by molar-refractivity contribution is -0.0494. The van der Waals surface area contributed by atoms with Crippen LogP contribution in [-0.2, 0) is 10.2 Å². The van der Waals surface area contributed by atoms with E-state index >= 15 is 0 Å². The van der Waals surface area contributed by atoms with Crippen LogP contribution in [0.3, 0.4) is 0 Å². The molecule has 4 heterocycles. The molecule has 2 aromatic heterocycles. The predicted octanol–water partition coefficient (Wildman–Crippen LogP) is 4.50. The Labute approximate surface area is 213 Å². The van der Waals surface area contributed by atoms with E-state index in [4.69, 9.17) is 9.47 Å². The van der Waals surface area contributed by atoms with Crippen LogP contribution < -0.4 is 20.7 Å². The van der Waals surface area contributed by atoms with Crippen LogP contribution in [-0.4, -0.2) is 53.3 Å².